The third-order valence-corrected chi connectivity index (χ3v) is 5.17. The minimum atomic E-state index is -1.26. The van der Waals surface area contributed by atoms with Gasteiger partial charge < -0.3 is 50.2 Å². The first-order chi connectivity index (χ1) is 19.2. The van der Waals surface area contributed by atoms with Crippen LogP contribution in [-0.4, -0.2) is 71.9 Å². The van der Waals surface area contributed by atoms with Gasteiger partial charge in [-0.1, -0.05) is 12.1 Å². The molecular weight excluding hydrogens is 524 g/mol. The van der Waals surface area contributed by atoms with Gasteiger partial charge in [0, 0.05) is 36.0 Å². The fourth-order valence-electron chi connectivity index (χ4n) is 3.28. The number of carbonyl (C=O) groups is 2. The van der Waals surface area contributed by atoms with Gasteiger partial charge in [-0.2, -0.15) is 0 Å². The van der Waals surface area contributed by atoms with E-state index in [-0.39, 0.29) is 13.2 Å². The molecule has 216 valence electrons. The van der Waals surface area contributed by atoms with Crippen molar-refractivity contribution in [3.05, 3.63) is 84.3 Å². The van der Waals surface area contributed by atoms with E-state index in [2.05, 4.69) is 0 Å². The molecule has 12 heteroatoms. The average Bonchev–Trinajstić information content (AvgIpc) is 3.61. The zero-order chi connectivity index (χ0) is 29.3. The molecule has 4 rings (SSSR count). The molecule has 12 nitrogen and oxygen atoms in total. The van der Waals surface area contributed by atoms with E-state index in [1.165, 1.54) is 0 Å². The number of aliphatic hydroxyl groups excluding tert-OH is 2. The van der Waals surface area contributed by atoms with Gasteiger partial charge in [-0.15, -0.1) is 0 Å². The summed E-state index contributed by atoms with van der Waals surface area (Å²) in [6, 6.07) is 14.9. The SMILES string of the molecule is NCCOCC(O)c1ccc2occc2c1.NCCOCC(O)c1ccc2occc2c1.O=C(O)/C=C/C(=O)O. The Hall–Kier alpha value is -4.04. The molecule has 2 aromatic carbocycles. The van der Waals surface area contributed by atoms with Crippen LogP contribution in [0.2, 0.25) is 0 Å². The van der Waals surface area contributed by atoms with Gasteiger partial charge in [-0.3, -0.25) is 0 Å². The molecule has 2 unspecified atom stereocenters. The van der Waals surface area contributed by atoms with Crippen molar-refractivity contribution in [1.29, 1.82) is 0 Å². The quantitative estimate of drug-likeness (QED) is 0.109. The number of nitrogens with two attached hydrogens (primary N) is 2. The number of ether oxygens (including phenoxy) is 2. The zero-order valence-corrected chi connectivity index (χ0v) is 21.7. The summed E-state index contributed by atoms with van der Waals surface area (Å²) in [5, 5.41) is 37.3. The molecule has 2 aromatic heterocycles. The Morgan fingerprint density at radius 2 is 1.12 bits per heavy atom. The number of hydrogen-bond donors (Lipinski definition) is 6. The maximum atomic E-state index is 9.85. The van der Waals surface area contributed by atoms with Crippen LogP contribution in [0.15, 0.2) is 82.0 Å². The largest absolute Gasteiger partial charge is 0.478 e. The summed E-state index contributed by atoms with van der Waals surface area (Å²) in [6.07, 6.45) is 3.14. The molecule has 8 N–H and O–H groups in total. The fourth-order valence-corrected chi connectivity index (χ4v) is 3.28. The predicted molar refractivity (Wildman–Crippen MR) is 147 cm³/mol. The predicted octanol–water partition coefficient (Wildman–Crippen LogP) is 2.59. The number of aliphatic hydroxyl groups is 2. The lowest BCUT2D eigenvalue weighted by molar-refractivity contribution is -0.134. The standard InChI is InChI=1S/2C12H15NO3.C4H4O4/c2*13-4-6-15-8-11(14)9-1-2-12-10(7-9)3-5-16-12;5-3(6)1-2-4(7)8/h2*1-3,5,7,11,14H,4,6,8,13H2;1-2H,(H,5,6)(H,7,8)/b;;2-1+. The Labute approximate surface area is 230 Å². The lowest BCUT2D eigenvalue weighted by Gasteiger charge is -2.11. The van der Waals surface area contributed by atoms with E-state index in [1.54, 1.807) is 12.5 Å². The van der Waals surface area contributed by atoms with E-state index in [9.17, 15) is 19.8 Å². The summed E-state index contributed by atoms with van der Waals surface area (Å²) < 4.78 is 20.8. The first-order valence-corrected chi connectivity index (χ1v) is 12.2. The van der Waals surface area contributed by atoms with Gasteiger partial charge in [-0.25, -0.2) is 9.59 Å². The summed E-state index contributed by atoms with van der Waals surface area (Å²) >= 11 is 0. The highest BCUT2D eigenvalue weighted by molar-refractivity contribution is 5.89. The number of furan rings is 2. The van der Waals surface area contributed by atoms with Crippen LogP contribution in [0, 0.1) is 0 Å². The van der Waals surface area contributed by atoms with Crippen LogP contribution in [0.1, 0.15) is 23.3 Å². The molecule has 4 aromatic rings. The van der Waals surface area contributed by atoms with E-state index in [1.807, 2.05) is 48.5 Å². The normalized spacial score (nSPS) is 12.4. The van der Waals surface area contributed by atoms with E-state index in [0.29, 0.717) is 38.5 Å². The zero-order valence-electron chi connectivity index (χ0n) is 21.7. The summed E-state index contributed by atoms with van der Waals surface area (Å²) in [4.78, 5) is 19.1. The molecule has 2 atom stereocenters. The van der Waals surface area contributed by atoms with Crippen LogP contribution < -0.4 is 11.5 Å². The molecule has 40 heavy (non-hydrogen) atoms. The third kappa shape index (κ3) is 11.4. The number of aliphatic carboxylic acids is 2. The highest BCUT2D eigenvalue weighted by Gasteiger charge is 2.10. The van der Waals surface area contributed by atoms with Gasteiger partial charge in [0.05, 0.1) is 39.0 Å². The Balaban J connectivity index is 0.000000224. The van der Waals surface area contributed by atoms with E-state index < -0.39 is 24.1 Å². The summed E-state index contributed by atoms with van der Waals surface area (Å²) in [7, 11) is 0. The first-order valence-electron chi connectivity index (χ1n) is 12.2. The first kappa shape index (κ1) is 32.2. The number of benzene rings is 2. The Kier molecular flexibility index (Phi) is 14.1. The molecule has 0 aliphatic carbocycles. The molecule has 0 spiro atoms. The summed E-state index contributed by atoms with van der Waals surface area (Å²) in [5.41, 5.74) is 13.9. The van der Waals surface area contributed by atoms with Crippen LogP contribution in [0.25, 0.3) is 21.9 Å². The van der Waals surface area contributed by atoms with Gasteiger partial charge in [-0.05, 0) is 47.5 Å². The van der Waals surface area contributed by atoms with Gasteiger partial charge in [0.2, 0.25) is 0 Å². The van der Waals surface area contributed by atoms with Crippen molar-refractivity contribution >= 4 is 33.9 Å². The average molecular weight is 559 g/mol. The smallest absolute Gasteiger partial charge is 0.328 e. The summed E-state index contributed by atoms with van der Waals surface area (Å²) in [6.45, 7) is 2.39. The molecule has 0 fully saturated rings. The number of carboxylic acids is 2. The minimum absolute atomic E-state index is 0.264. The van der Waals surface area contributed by atoms with Crippen molar-refractivity contribution in [3.63, 3.8) is 0 Å². The van der Waals surface area contributed by atoms with E-state index >= 15 is 0 Å². The minimum Gasteiger partial charge on any atom is -0.478 e. The third-order valence-electron chi connectivity index (χ3n) is 5.17. The number of hydrogen-bond acceptors (Lipinski definition) is 10. The van der Waals surface area contributed by atoms with E-state index in [0.717, 1.165) is 33.1 Å². The second-order valence-electron chi connectivity index (χ2n) is 8.20. The van der Waals surface area contributed by atoms with Crippen molar-refractivity contribution in [2.45, 2.75) is 12.2 Å². The van der Waals surface area contributed by atoms with Crippen LogP contribution in [0.4, 0.5) is 0 Å². The topological polar surface area (TPSA) is 212 Å². The lowest BCUT2D eigenvalue weighted by Crippen LogP contribution is -2.13. The second kappa shape index (κ2) is 17.5. The second-order valence-corrected chi connectivity index (χ2v) is 8.20. The van der Waals surface area contributed by atoms with Crippen LogP contribution >= 0.6 is 0 Å². The van der Waals surface area contributed by atoms with Crippen molar-refractivity contribution in [2.75, 3.05) is 39.5 Å². The molecule has 0 radical (unpaired) electrons. The van der Waals surface area contributed by atoms with Gasteiger partial charge in [0.15, 0.2) is 0 Å². The molecule has 0 saturated heterocycles. The molecule has 0 bridgehead atoms. The lowest BCUT2D eigenvalue weighted by atomic mass is 10.1. The molecule has 0 aliphatic heterocycles. The molecule has 0 amide bonds. The monoisotopic (exact) mass is 558 g/mol. The molecular formula is C28H34N2O10. The summed E-state index contributed by atoms with van der Waals surface area (Å²) in [5.74, 6) is -2.51. The fraction of sp³-hybridized carbons (Fsp3) is 0.286. The highest BCUT2D eigenvalue weighted by atomic mass is 16.5. The van der Waals surface area contributed by atoms with Gasteiger partial charge in [0.1, 0.15) is 23.4 Å². The molecule has 0 aliphatic rings. The van der Waals surface area contributed by atoms with Crippen molar-refractivity contribution in [1.82, 2.24) is 0 Å². The van der Waals surface area contributed by atoms with Crippen molar-refractivity contribution in [3.8, 4) is 0 Å². The van der Waals surface area contributed by atoms with Crippen LogP contribution in [0.5, 0.6) is 0 Å². The maximum Gasteiger partial charge on any atom is 0.328 e. The van der Waals surface area contributed by atoms with Crippen LogP contribution in [-0.2, 0) is 19.1 Å². The van der Waals surface area contributed by atoms with Crippen molar-refractivity contribution in [2.24, 2.45) is 11.5 Å². The number of rotatable bonds is 12. The van der Waals surface area contributed by atoms with Crippen molar-refractivity contribution < 1.29 is 48.3 Å². The number of carboxylic acid groups (broad SMARTS) is 2. The Morgan fingerprint density at radius 3 is 1.48 bits per heavy atom. The number of fused-ring (bicyclic) bond motifs is 2. The van der Waals surface area contributed by atoms with Gasteiger partial charge >= 0.3 is 11.9 Å². The van der Waals surface area contributed by atoms with Gasteiger partial charge in [0.25, 0.3) is 0 Å². The molecule has 0 saturated carbocycles. The van der Waals surface area contributed by atoms with Crippen LogP contribution in [0.3, 0.4) is 0 Å². The Bertz CT molecular complexity index is 1250. The Morgan fingerprint density at radius 1 is 0.725 bits per heavy atom. The highest BCUT2D eigenvalue weighted by Crippen LogP contribution is 2.22. The maximum absolute atomic E-state index is 9.85. The molecule has 2 heterocycles. The van der Waals surface area contributed by atoms with E-state index in [4.69, 9.17) is 40.0 Å².